The molecular weight excluding hydrogens is 220 g/mol. The van der Waals surface area contributed by atoms with Crippen molar-refractivity contribution in [2.24, 2.45) is 0 Å². The van der Waals surface area contributed by atoms with Gasteiger partial charge in [0.05, 0.1) is 5.75 Å². The van der Waals surface area contributed by atoms with E-state index in [1.165, 1.54) is 6.92 Å². The van der Waals surface area contributed by atoms with Crippen molar-refractivity contribution in [2.45, 2.75) is 13.3 Å². The minimum atomic E-state index is -3.04. The molecule has 0 bridgehead atoms. The van der Waals surface area contributed by atoms with Crippen molar-refractivity contribution in [1.82, 2.24) is 10.6 Å². The first-order valence-corrected chi connectivity index (χ1v) is 6.56. The highest BCUT2D eigenvalue weighted by Crippen LogP contribution is 1.82. The fourth-order valence-electron chi connectivity index (χ4n) is 0.816. The highest BCUT2D eigenvalue weighted by atomic mass is 32.2. The largest absolute Gasteiger partial charge is 0.356 e. The molecule has 0 fully saturated rings. The first-order chi connectivity index (χ1) is 6.81. The van der Waals surface area contributed by atoms with Gasteiger partial charge in [0.2, 0.25) is 11.8 Å². The highest BCUT2D eigenvalue weighted by Gasteiger charge is 2.04. The lowest BCUT2D eigenvalue weighted by molar-refractivity contribution is -0.121. The van der Waals surface area contributed by atoms with Crippen molar-refractivity contribution in [3.8, 4) is 0 Å². The van der Waals surface area contributed by atoms with Crippen LogP contribution >= 0.6 is 0 Å². The standard InChI is InChI=1S/C8H16N2O4S/c1-7(11)9-4-3-8(12)10-5-6-15(2,13)14/h3-6H2,1-2H3,(H,9,11)(H,10,12). The Labute approximate surface area is 89.3 Å². The first kappa shape index (κ1) is 13.9. The molecule has 0 aromatic carbocycles. The Morgan fingerprint density at radius 2 is 1.73 bits per heavy atom. The molecule has 0 spiro atoms. The van der Waals surface area contributed by atoms with Crippen molar-refractivity contribution in [1.29, 1.82) is 0 Å². The van der Waals surface area contributed by atoms with Gasteiger partial charge in [-0.1, -0.05) is 0 Å². The summed E-state index contributed by atoms with van der Waals surface area (Å²) in [6.07, 6.45) is 1.26. The molecule has 0 unspecified atom stereocenters. The Balaban J connectivity index is 3.54. The van der Waals surface area contributed by atoms with E-state index in [2.05, 4.69) is 10.6 Å². The van der Waals surface area contributed by atoms with E-state index >= 15 is 0 Å². The van der Waals surface area contributed by atoms with E-state index in [4.69, 9.17) is 0 Å². The molecule has 0 aliphatic rings. The Morgan fingerprint density at radius 3 is 2.20 bits per heavy atom. The van der Waals surface area contributed by atoms with Crippen molar-refractivity contribution in [3.63, 3.8) is 0 Å². The molecule has 0 saturated carbocycles. The third kappa shape index (κ3) is 10.8. The summed E-state index contributed by atoms with van der Waals surface area (Å²) in [7, 11) is -3.04. The molecule has 2 amide bonds. The van der Waals surface area contributed by atoms with Gasteiger partial charge in [-0.2, -0.15) is 0 Å². The van der Waals surface area contributed by atoms with Gasteiger partial charge < -0.3 is 10.6 Å². The van der Waals surface area contributed by atoms with Crippen LogP contribution in [0.5, 0.6) is 0 Å². The minimum Gasteiger partial charge on any atom is -0.356 e. The lowest BCUT2D eigenvalue weighted by atomic mass is 10.4. The second-order valence-electron chi connectivity index (χ2n) is 3.21. The van der Waals surface area contributed by atoms with Gasteiger partial charge >= 0.3 is 0 Å². The average molecular weight is 236 g/mol. The third-order valence-electron chi connectivity index (χ3n) is 1.52. The van der Waals surface area contributed by atoms with Gasteiger partial charge in [-0.15, -0.1) is 0 Å². The average Bonchev–Trinajstić information content (AvgIpc) is 2.00. The molecule has 0 rings (SSSR count). The van der Waals surface area contributed by atoms with Crippen molar-refractivity contribution in [3.05, 3.63) is 0 Å². The summed E-state index contributed by atoms with van der Waals surface area (Å²) in [6.45, 7) is 1.74. The number of carbonyl (C=O) groups excluding carboxylic acids is 2. The van der Waals surface area contributed by atoms with Crippen LogP contribution in [0, 0.1) is 0 Å². The molecule has 0 aromatic rings. The van der Waals surface area contributed by atoms with Gasteiger partial charge in [0, 0.05) is 32.7 Å². The van der Waals surface area contributed by atoms with Crippen LogP contribution < -0.4 is 10.6 Å². The van der Waals surface area contributed by atoms with Crippen molar-refractivity contribution < 1.29 is 18.0 Å². The number of carbonyl (C=O) groups is 2. The van der Waals surface area contributed by atoms with Crippen LogP contribution in [-0.2, 0) is 19.4 Å². The zero-order valence-corrected chi connectivity index (χ0v) is 9.69. The van der Waals surface area contributed by atoms with E-state index in [0.29, 0.717) is 0 Å². The number of sulfone groups is 1. The molecule has 6 nitrogen and oxygen atoms in total. The molecule has 0 heterocycles. The SMILES string of the molecule is CC(=O)NCCC(=O)NCCS(C)(=O)=O. The molecule has 0 saturated heterocycles. The Kier molecular flexibility index (Phi) is 5.92. The predicted molar refractivity (Wildman–Crippen MR) is 56.0 cm³/mol. The van der Waals surface area contributed by atoms with E-state index in [-0.39, 0.29) is 37.1 Å². The first-order valence-electron chi connectivity index (χ1n) is 4.50. The summed E-state index contributed by atoms with van der Waals surface area (Å²) in [5.74, 6) is -0.537. The molecule has 15 heavy (non-hydrogen) atoms. The number of hydrogen-bond donors (Lipinski definition) is 2. The Morgan fingerprint density at radius 1 is 1.13 bits per heavy atom. The molecule has 0 atom stereocenters. The maximum atomic E-state index is 11.1. The maximum Gasteiger partial charge on any atom is 0.221 e. The summed E-state index contributed by atoms with van der Waals surface area (Å²) in [5, 5.41) is 4.91. The summed E-state index contributed by atoms with van der Waals surface area (Å²) in [5.41, 5.74) is 0. The number of nitrogens with one attached hydrogen (secondary N) is 2. The minimum absolute atomic E-state index is 0.0706. The predicted octanol–water partition coefficient (Wildman–Crippen LogP) is -1.33. The summed E-state index contributed by atoms with van der Waals surface area (Å²) < 4.78 is 21.4. The van der Waals surface area contributed by atoms with Crippen LogP contribution in [-0.4, -0.2) is 45.3 Å². The van der Waals surface area contributed by atoms with Crippen LogP contribution in [0.2, 0.25) is 0 Å². The summed E-state index contributed by atoms with van der Waals surface area (Å²) >= 11 is 0. The van der Waals surface area contributed by atoms with Crippen LogP contribution in [0.25, 0.3) is 0 Å². The molecule has 0 aliphatic heterocycles. The molecule has 0 aromatic heterocycles. The zero-order valence-electron chi connectivity index (χ0n) is 8.87. The topological polar surface area (TPSA) is 92.3 Å². The van der Waals surface area contributed by atoms with Gasteiger partial charge in [-0.3, -0.25) is 9.59 Å². The summed E-state index contributed by atoms with van der Waals surface area (Å²) in [6, 6.07) is 0. The fourth-order valence-corrected chi connectivity index (χ4v) is 1.29. The fraction of sp³-hybridized carbons (Fsp3) is 0.750. The second-order valence-corrected chi connectivity index (χ2v) is 5.47. The van der Waals surface area contributed by atoms with Gasteiger partial charge in [-0.25, -0.2) is 8.42 Å². The van der Waals surface area contributed by atoms with Crippen LogP contribution in [0.1, 0.15) is 13.3 Å². The van der Waals surface area contributed by atoms with E-state index in [1.54, 1.807) is 0 Å². The third-order valence-corrected chi connectivity index (χ3v) is 2.47. The van der Waals surface area contributed by atoms with Gasteiger partial charge in [-0.05, 0) is 0 Å². The molecule has 7 heteroatoms. The Hall–Kier alpha value is -1.11. The maximum absolute atomic E-state index is 11.1. The lowest BCUT2D eigenvalue weighted by Gasteiger charge is -2.04. The molecule has 2 N–H and O–H groups in total. The van der Waals surface area contributed by atoms with Gasteiger partial charge in [0.15, 0.2) is 0 Å². The van der Waals surface area contributed by atoms with E-state index in [1.807, 2.05) is 0 Å². The highest BCUT2D eigenvalue weighted by molar-refractivity contribution is 7.90. The quantitative estimate of drug-likeness (QED) is 0.598. The number of amides is 2. The molecule has 88 valence electrons. The monoisotopic (exact) mass is 236 g/mol. The van der Waals surface area contributed by atoms with E-state index in [9.17, 15) is 18.0 Å². The number of hydrogen-bond acceptors (Lipinski definition) is 4. The van der Waals surface area contributed by atoms with Crippen LogP contribution in [0.15, 0.2) is 0 Å². The van der Waals surface area contributed by atoms with Crippen molar-refractivity contribution in [2.75, 3.05) is 25.1 Å². The van der Waals surface area contributed by atoms with Crippen molar-refractivity contribution >= 4 is 21.7 Å². The Bertz CT molecular complexity index is 324. The van der Waals surface area contributed by atoms with Crippen LogP contribution in [0.3, 0.4) is 0 Å². The lowest BCUT2D eigenvalue weighted by Crippen LogP contribution is -2.32. The zero-order chi connectivity index (χ0) is 11.9. The normalized spacial score (nSPS) is 10.8. The smallest absolute Gasteiger partial charge is 0.221 e. The van der Waals surface area contributed by atoms with E-state index in [0.717, 1.165) is 6.26 Å². The summed E-state index contributed by atoms with van der Waals surface area (Å²) in [4.78, 5) is 21.5. The molecule has 0 aliphatic carbocycles. The van der Waals surface area contributed by atoms with Crippen LogP contribution in [0.4, 0.5) is 0 Å². The van der Waals surface area contributed by atoms with E-state index < -0.39 is 9.84 Å². The molecule has 0 radical (unpaired) electrons. The van der Waals surface area contributed by atoms with Gasteiger partial charge in [0.25, 0.3) is 0 Å². The number of rotatable bonds is 6. The molecular formula is C8H16N2O4S. The van der Waals surface area contributed by atoms with Gasteiger partial charge in [0.1, 0.15) is 9.84 Å². The second kappa shape index (κ2) is 6.39.